The molecule has 1 aliphatic rings. The lowest BCUT2D eigenvalue weighted by Gasteiger charge is -2.21. The van der Waals surface area contributed by atoms with E-state index in [0.717, 1.165) is 17.8 Å². The van der Waals surface area contributed by atoms with Crippen LogP contribution in [0.4, 0.5) is 0 Å². The van der Waals surface area contributed by atoms with Crippen LogP contribution in [0.2, 0.25) is 0 Å². The fourth-order valence-corrected chi connectivity index (χ4v) is 5.16. The second-order valence-corrected chi connectivity index (χ2v) is 16.1. The molecule has 3 heteroatoms. The zero-order chi connectivity index (χ0) is 9.73. The van der Waals surface area contributed by atoms with Crippen molar-refractivity contribution in [3.05, 3.63) is 0 Å². The van der Waals surface area contributed by atoms with Gasteiger partial charge in [-0.3, -0.25) is 0 Å². The highest BCUT2D eigenvalue weighted by atomic mass is 127. The Morgan fingerprint density at radius 2 is 1.33 bits per heavy atom. The molecule has 0 aromatic rings. The van der Waals surface area contributed by atoms with Crippen molar-refractivity contribution < 1.29 is 0 Å². The molecule has 0 amide bonds. The third kappa shape index (κ3) is 2.61. The molecular weight excluding hydrogens is 489 g/mol. The van der Waals surface area contributed by atoms with E-state index < -0.39 is 0 Å². The lowest BCUT2D eigenvalue weighted by molar-refractivity contribution is 0.323. The van der Waals surface area contributed by atoms with Crippen molar-refractivity contribution >= 4 is 67.8 Å². The van der Waals surface area contributed by atoms with Crippen LogP contribution in [0.5, 0.6) is 0 Å². The van der Waals surface area contributed by atoms with E-state index in [0.29, 0.717) is 4.85 Å². The van der Waals surface area contributed by atoms with Crippen LogP contribution in [-0.4, -0.2) is -0.565 Å². The Balaban J connectivity index is 2.67. The minimum Gasteiger partial charge on any atom is -0.0618 e. The number of alkyl halides is 3. The normalized spacial score (nSPS) is 36.8. The van der Waals surface area contributed by atoms with E-state index in [1.54, 1.807) is 0 Å². The van der Waals surface area contributed by atoms with Crippen LogP contribution in [0.1, 0.15) is 27.7 Å². The maximum Gasteiger partial charge on any atom is 0.127 e. The standard InChI is InChI=1S/C9H15I3/c1-5-6(8(2,3)4)7(5)9(10,11)12/h5-7H,1-4H3. The number of hydrogen-bond donors (Lipinski definition) is 0. The zero-order valence-electron chi connectivity index (χ0n) is 7.87. The van der Waals surface area contributed by atoms with Crippen LogP contribution in [0.25, 0.3) is 0 Å². The molecule has 12 heavy (non-hydrogen) atoms. The number of rotatable bonds is 1. The predicted octanol–water partition coefficient (Wildman–Crippen LogP) is 4.87. The van der Waals surface area contributed by atoms with Crippen molar-refractivity contribution in [2.45, 2.75) is 27.1 Å². The van der Waals surface area contributed by atoms with E-state index in [9.17, 15) is 0 Å². The SMILES string of the molecule is CC1C(C(C)(C)C)C1C(I)(I)I. The van der Waals surface area contributed by atoms with Crippen molar-refractivity contribution in [1.29, 1.82) is 0 Å². The summed E-state index contributed by atoms with van der Waals surface area (Å²) in [4.78, 5) is 0. The van der Waals surface area contributed by atoms with Crippen molar-refractivity contribution in [1.82, 2.24) is 0 Å². The maximum atomic E-state index is 2.57. The van der Waals surface area contributed by atoms with E-state index in [4.69, 9.17) is 0 Å². The van der Waals surface area contributed by atoms with Gasteiger partial charge in [-0.2, -0.15) is 0 Å². The summed E-state index contributed by atoms with van der Waals surface area (Å²) in [7, 11) is 0. The van der Waals surface area contributed by atoms with Crippen molar-refractivity contribution in [3.8, 4) is 0 Å². The largest absolute Gasteiger partial charge is 0.127 e. The van der Waals surface area contributed by atoms with Gasteiger partial charge in [0.2, 0.25) is 0 Å². The van der Waals surface area contributed by atoms with Gasteiger partial charge in [0.1, 0.15) is -0.565 Å². The molecular formula is C9H15I3. The van der Waals surface area contributed by atoms with E-state index in [1.807, 2.05) is 0 Å². The molecule has 0 radical (unpaired) electrons. The summed E-state index contributed by atoms with van der Waals surface area (Å²) in [5.74, 6) is 2.73. The van der Waals surface area contributed by atoms with Crippen LogP contribution < -0.4 is 0 Å². The molecule has 72 valence electrons. The second kappa shape index (κ2) is 3.64. The van der Waals surface area contributed by atoms with Gasteiger partial charge in [-0.1, -0.05) is 95.5 Å². The van der Waals surface area contributed by atoms with Gasteiger partial charge in [0, 0.05) is 0 Å². The van der Waals surface area contributed by atoms with Crippen LogP contribution in [0.15, 0.2) is 0 Å². The molecule has 1 saturated carbocycles. The van der Waals surface area contributed by atoms with Crippen molar-refractivity contribution in [3.63, 3.8) is 0 Å². The van der Waals surface area contributed by atoms with Gasteiger partial charge in [0.05, 0.1) is 0 Å². The van der Waals surface area contributed by atoms with E-state index >= 15 is 0 Å². The van der Waals surface area contributed by atoms with Gasteiger partial charge in [-0.15, -0.1) is 0 Å². The molecule has 3 atom stereocenters. The highest BCUT2D eigenvalue weighted by molar-refractivity contribution is 14.3. The summed E-state index contributed by atoms with van der Waals surface area (Å²) in [5.41, 5.74) is 0.497. The molecule has 0 aromatic carbocycles. The summed E-state index contributed by atoms with van der Waals surface area (Å²) < 4.78 is 0.421. The minimum absolute atomic E-state index is 0.421. The third-order valence-corrected chi connectivity index (χ3v) is 4.91. The Kier molecular flexibility index (Phi) is 3.72. The highest BCUT2D eigenvalue weighted by Gasteiger charge is 2.59. The first-order chi connectivity index (χ1) is 5.15. The quantitative estimate of drug-likeness (QED) is 0.354. The van der Waals surface area contributed by atoms with E-state index in [-0.39, 0.29) is 0 Å². The van der Waals surface area contributed by atoms with Crippen LogP contribution in [0.3, 0.4) is 0 Å². The second-order valence-electron chi connectivity index (χ2n) is 4.82. The molecule has 0 bridgehead atoms. The van der Waals surface area contributed by atoms with Crippen molar-refractivity contribution in [2.24, 2.45) is 23.2 Å². The number of hydrogen-bond acceptors (Lipinski definition) is 0. The molecule has 0 aromatic heterocycles. The Morgan fingerprint density at radius 3 is 1.42 bits per heavy atom. The van der Waals surface area contributed by atoms with Gasteiger partial charge in [-0.05, 0) is 23.2 Å². The molecule has 0 saturated heterocycles. The monoisotopic (exact) mass is 504 g/mol. The summed E-state index contributed by atoms with van der Waals surface area (Å²) in [6.07, 6.45) is 0. The molecule has 0 N–H and O–H groups in total. The summed E-state index contributed by atoms with van der Waals surface area (Å²) in [6, 6.07) is 0. The van der Waals surface area contributed by atoms with Gasteiger partial charge in [0.25, 0.3) is 0 Å². The Bertz CT molecular complexity index is 155. The Labute approximate surface area is 116 Å². The maximum absolute atomic E-state index is 2.57. The molecule has 1 rings (SSSR count). The zero-order valence-corrected chi connectivity index (χ0v) is 14.3. The fraction of sp³-hybridized carbons (Fsp3) is 1.00. The summed E-state index contributed by atoms with van der Waals surface area (Å²) >= 11 is 7.72. The first kappa shape index (κ1) is 12.3. The van der Waals surface area contributed by atoms with E-state index in [2.05, 4.69) is 95.5 Å². The topological polar surface area (TPSA) is 0 Å². The van der Waals surface area contributed by atoms with Crippen molar-refractivity contribution in [2.75, 3.05) is 0 Å². The molecule has 0 spiro atoms. The predicted molar refractivity (Wildman–Crippen MR) is 80.4 cm³/mol. The molecule has 1 aliphatic carbocycles. The molecule has 0 aliphatic heterocycles. The average molecular weight is 504 g/mol. The Morgan fingerprint density at radius 1 is 0.917 bits per heavy atom. The minimum atomic E-state index is 0.421. The summed E-state index contributed by atoms with van der Waals surface area (Å²) in [5, 5.41) is 0. The summed E-state index contributed by atoms with van der Waals surface area (Å²) in [6.45, 7) is 9.49. The fourth-order valence-electron chi connectivity index (χ4n) is 2.29. The third-order valence-electron chi connectivity index (χ3n) is 2.76. The average Bonchev–Trinajstić information content (AvgIpc) is 2.35. The van der Waals surface area contributed by atoms with Crippen LogP contribution in [0, 0.1) is 23.2 Å². The molecule has 0 nitrogen and oxygen atoms in total. The molecule has 3 unspecified atom stereocenters. The molecule has 1 fully saturated rings. The van der Waals surface area contributed by atoms with Gasteiger partial charge in [0.15, 0.2) is 0 Å². The smallest absolute Gasteiger partial charge is 0.0618 e. The highest BCUT2D eigenvalue weighted by Crippen LogP contribution is 2.66. The van der Waals surface area contributed by atoms with Gasteiger partial charge >= 0.3 is 0 Å². The Hall–Kier alpha value is 2.19. The lowest BCUT2D eigenvalue weighted by Crippen LogP contribution is -2.14. The first-order valence-corrected chi connectivity index (χ1v) is 7.46. The first-order valence-electron chi connectivity index (χ1n) is 4.22. The van der Waals surface area contributed by atoms with Gasteiger partial charge in [-0.25, -0.2) is 0 Å². The van der Waals surface area contributed by atoms with Crippen LogP contribution >= 0.6 is 67.8 Å². The lowest BCUT2D eigenvalue weighted by atomic mass is 9.88. The van der Waals surface area contributed by atoms with Crippen LogP contribution in [-0.2, 0) is 0 Å². The molecule has 0 heterocycles. The van der Waals surface area contributed by atoms with Gasteiger partial charge < -0.3 is 0 Å². The number of halogens is 3. The van der Waals surface area contributed by atoms with E-state index in [1.165, 1.54) is 0 Å².